The fourth-order valence-electron chi connectivity index (χ4n) is 3.00. The predicted octanol–water partition coefficient (Wildman–Crippen LogP) is 2.62. The fraction of sp³-hybridized carbons (Fsp3) is 0.421. The number of anilines is 1. The molecule has 6 nitrogen and oxygen atoms in total. The Balaban J connectivity index is 1.53. The number of carboxylic acids is 1. The molecule has 0 aliphatic carbocycles. The van der Waals surface area contributed by atoms with Crippen molar-refractivity contribution in [1.29, 1.82) is 0 Å². The van der Waals surface area contributed by atoms with Gasteiger partial charge in [0, 0.05) is 32.7 Å². The van der Waals surface area contributed by atoms with Crippen molar-refractivity contribution in [3.63, 3.8) is 0 Å². The second-order valence-electron chi connectivity index (χ2n) is 6.72. The predicted molar refractivity (Wildman–Crippen MR) is 97.0 cm³/mol. The zero-order valence-electron chi connectivity index (χ0n) is 14.7. The van der Waals surface area contributed by atoms with Crippen LogP contribution in [0.1, 0.15) is 41.4 Å². The number of hydrogen-bond donors (Lipinski definition) is 1. The highest BCUT2D eigenvalue weighted by atomic mass is 16.4. The molecule has 132 valence electrons. The topological polar surface area (TPSA) is 69.6 Å². The van der Waals surface area contributed by atoms with E-state index in [0.29, 0.717) is 5.92 Å². The molecule has 1 aliphatic heterocycles. The quantitative estimate of drug-likeness (QED) is 0.902. The van der Waals surface area contributed by atoms with Crippen LogP contribution in [0.2, 0.25) is 0 Å². The Kier molecular flexibility index (Phi) is 5.28. The van der Waals surface area contributed by atoms with E-state index in [4.69, 9.17) is 5.11 Å². The lowest BCUT2D eigenvalue weighted by molar-refractivity contribution is 0.0690. The van der Waals surface area contributed by atoms with Crippen LogP contribution in [0, 0.1) is 0 Å². The minimum atomic E-state index is -1.05. The molecule has 2 aromatic rings. The second-order valence-corrected chi connectivity index (χ2v) is 6.72. The van der Waals surface area contributed by atoms with Crippen LogP contribution in [0.15, 0.2) is 36.7 Å². The van der Waals surface area contributed by atoms with Crippen LogP contribution in [-0.4, -0.2) is 52.1 Å². The van der Waals surface area contributed by atoms with E-state index in [-0.39, 0.29) is 5.69 Å². The molecular formula is C19H24N4O2. The summed E-state index contributed by atoms with van der Waals surface area (Å²) >= 11 is 0. The molecule has 25 heavy (non-hydrogen) atoms. The summed E-state index contributed by atoms with van der Waals surface area (Å²) in [5, 5.41) is 8.89. The maximum atomic E-state index is 10.8. The lowest BCUT2D eigenvalue weighted by Gasteiger charge is -2.35. The molecule has 6 heteroatoms. The average Bonchev–Trinajstić information content (AvgIpc) is 2.63. The number of benzene rings is 1. The first-order valence-corrected chi connectivity index (χ1v) is 8.64. The number of aromatic carboxylic acids is 1. The van der Waals surface area contributed by atoms with Crippen molar-refractivity contribution < 1.29 is 9.90 Å². The SMILES string of the molecule is CC(C)c1ccc(CN2CCN(c3cnc(C(=O)O)cn3)CC2)cc1. The summed E-state index contributed by atoms with van der Waals surface area (Å²) in [6.45, 7) is 9.01. The van der Waals surface area contributed by atoms with Crippen molar-refractivity contribution in [3.05, 3.63) is 53.5 Å². The Morgan fingerprint density at radius 2 is 1.76 bits per heavy atom. The molecule has 0 atom stereocenters. The number of nitrogens with zero attached hydrogens (tertiary/aromatic N) is 4. The number of aromatic nitrogens is 2. The van der Waals surface area contributed by atoms with E-state index in [9.17, 15) is 4.79 Å². The first kappa shape index (κ1) is 17.4. The molecular weight excluding hydrogens is 316 g/mol. The lowest BCUT2D eigenvalue weighted by atomic mass is 10.0. The van der Waals surface area contributed by atoms with Gasteiger partial charge in [-0.2, -0.15) is 0 Å². The van der Waals surface area contributed by atoms with Crippen molar-refractivity contribution in [2.45, 2.75) is 26.3 Å². The summed E-state index contributed by atoms with van der Waals surface area (Å²) in [4.78, 5) is 23.6. The first-order valence-electron chi connectivity index (χ1n) is 8.64. The van der Waals surface area contributed by atoms with E-state index < -0.39 is 5.97 Å². The van der Waals surface area contributed by atoms with Gasteiger partial charge in [-0.15, -0.1) is 0 Å². The monoisotopic (exact) mass is 340 g/mol. The molecule has 1 saturated heterocycles. The van der Waals surface area contributed by atoms with E-state index in [1.54, 1.807) is 6.20 Å². The van der Waals surface area contributed by atoms with Crippen LogP contribution in [0.25, 0.3) is 0 Å². The number of hydrogen-bond acceptors (Lipinski definition) is 5. The number of piperazine rings is 1. The van der Waals surface area contributed by atoms with E-state index >= 15 is 0 Å². The third-order valence-corrected chi connectivity index (χ3v) is 4.61. The Morgan fingerprint density at radius 3 is 2.28 bits per heavy atom. The third kappa shape index (κ3) is 4.33. The molecule has 1 aromatic carbocycles. The van der Waals surface area contributed by atoms with Gasteiger partial charge in [-0.1, -0.05) is 38.1 Å². The molecule has 1 aromatic heterocycles. The number of carboxylic acid groups (broad SMARTS) is 1. The molecule has 3 rings (SSSR count). The van der Waals surface area contributed by atoms with Crippen LogP contribution < -0.4 is 4.90 Å². The van der Waals surface area contributed by atoms with Crippen molar-refractivity contribution in [2.24, 2.45) is 0 Å². The molecule has 0 amide bonds. The van der Waals surface area contributed by atoms with E-state index in [1.165, 1.54) is 17.3 Å². The van der Waals surface area contributed by atoms with Gasteiger partial charge in [0.25, 0.3) is 0 Å². The van der Waals surface area contributed by atoms with Gasteiger partial charge in [0.2, 0.25) is 0 Å². The van der Waals surface area contributed by atoms with E-state index in [2.05, 4.69) is 57.9 Å². The molecule has 0 radical (unpaired) electrons. The average molecular weight is 340 g/mol. The zero-order chi connectivity index (χ0) is 17.8. The van der Waals surface area contributed by atoms with Gasteiger partial charge in [-0.05, 0) is 17.0 Å². The standard InChI is InChI=1S/C19H24N4O2/c1-14(2)16-5-3-15(4-6-16)13-22-7-9-23(10-8-22)18-12-20-17(11-21-18)19(24)25/h3-6,11-12,14H,7-10,13H2,1-2H3,(H,24,25). The van der Waals surface area contributed by atoms with Crippen LogP contribution in [0.3, 0.4) is 0 Å². The Bertz CT molecular complexity index is 705. The second kappa shape index (κ2) is 7.61. The molecule has 0 unspecified atom stereocenters. The lowest BCUT2D eigenvalue weighted by Crippen LogP contribution is -2.46. The molecule has 1 N–H and O–H groups in total. The van der Waals surface area contributed by atoms with Crippen LogP contribution in [0.4, 0.5) is 5.82 Å². The summed E-state index contributed by atoms with van der Waals surface area (Å²) < 4.78 is 0. The summed E-state index contributed by atoms with van der Waals surface area (Å²) in [5.41, 5.74) is 2.69. The summed E-state index contributed by atoms with van der Waals surface area (Å²) in [7, 11) is 0. The zero-order valence-corrected chi connectivity index (χ0v) is 14.7. The van der Waals surface area contributed by atoms with Crippen LogP contribution in [-0.2, 0) is 6.54 Å². The Hall–Kier alpha value is -2.47. The highest BCUT2D eigenvalue weighted by Gasteiger charge is 2.19. The highest BCUT2D eigenvalue weighted by Crippen LogP contribution is 2.17. The maximum absolute atomic E-state index is 10.8. The van der Waals surface area contributed by atoms with Gasteiger partial charge in [0.15, 0.2) is 5.69 Å². The van der Waals surface area contributed by atoms with Crippen LogP contribution in [0.5, 0.6) is 0 Å². The molecule has 1 aliphatic rings. The van der Waals surface area contributed by atoms with Gasteiger partial charge in [0.1, 0.15) is 5.82 Å². The largest absolute Gasteiger partial charge is 0.476 e. The van der Waals surface area contributed by atoms with Crippen LogP contribution >= 0.6 is 0 Å². The molecule has 0 saturated carbocycles. The van der Waals surface area contributed by atoms with Gasteiger partial charge in [0.05, 0.1) is 12.4 Å². The third-order valence-electron chi connectivity index (χ3n) is 4.61. The molecule has 1 fully saturated rings. The smallest absolute Gasteiger partial charge is 0.356 e. The molecule has 2 heterocycles. The highest BCUT2D eigenvalue weighted by molar-refractivity contribution is 5.84. The maximum Gasteiger partial charge on any atom is 0.356 e. The first-order chi connectivity index (χ1) is 12.0. The van der Waals surface area contributed by atoms with Crippen molar-refractivity contribution in [3.8, 4) is 0 Å². The van der Waals surface area contributed by atoms with Gasteiger partial charge in [-0.3, -0.25) is 4.90 Å². The van der Waals surface area contributed by atoms with E-state index in [0.717, 1.165) is 38.5 Å². The summed E-state index contributed by atoms with van der Waals surface area (Å²) in [6, 6.07) is 8.88. The minimum Gasteiger partial charge on any atom is -0.476 e. The van der Waals surface area contributed by atoms with Crippen molar-refractivity contribution in [1.82, 2.24) is 14.9 Å². The minimum absolute atomic E-state index is 0.0211. The molecule has 0 spiro atoms. The summed E-state index contributed by atoms with van der Waals surface area (Å²) in [6.07, 6.45) is 2.87. The van der Waals surface area contributed by atoms with Crippen molar-refractivity contribution >= 4 is 11.8 Å². The fourth-order valence-corrected chi connectivity index (χ4v) is 3.00. The van der Waals surface area contributed by atoms with Gasteiger partial charge < -0.3 is 10.0 Å². The number of rotatable bonds is 5. The summed E-state index contributed by atoms with van der Waals surface area (Å²) in [5.74, 6) is 0.254. The van der Waals surface area contributed by atoms with E-state index in [1.807, 2.05) is 0 Å². The normalized spacial score (nSPS) is 15.6. The van der Waals surface area contributed by atoms with Gasteiger partial charge in [-0.25, -0.2) is 14.8 Å². The number of carbonyl (C=O) groups is 1. The Morgan fingerprint density at radius 1 is 1.08 bits per heavy atom. The molecule has 0 bridgehead atoms. The Labute approximate surface area is 148 Å². The van der Waals surface area contributed by atoms with Crippen molar-refractivity contribution in [2.75, 3.05) is 31.1 Å². The van der Waals surface area contributed by atoms with Gasteiger partial charge >= 0.3 is 5.97 Å².